The van der Waals surface area contributed by atoms with Gasteiger partial charge in [-0.15, -0.1) is 0 Å². The van der Waals surface area contributed by atoms with E-state index >= 15 is 0 Å². The lowest BCUT2D eigenvalue weighted by Gasteiger charge is -2.06. The fraction of sp³-hybridized carbons (Fsp3) is 0.429. The molecule has 2 amide bonds. The van der Waals surface area contributed by atoms with Crippen molar-refractivity contribution in [2.45, 2.75) is 32.6 Å². The summed E-state index contributed by atoms with van der Waals surface area (Å²) in [5, 5.41) is 15.7. The summed E-state index contributed by atoms with van der Waals surface area (Å²) in [6, 6.07) is -0.482. The van der Waals surface area contributed by atoms with Gasteiger partial charge < -0.3 is 14.6 Å². The summed E-state index contributed by atoms with van der Waals surface area (Å²) in [6.07, 6.45) is 2.07. The fourth-order valence-corrected chi connectivity index (χ4v) is 2.24. The lowest BCUT2D eigenvalue weighted by atomic mass is 10.2. The molecule has 3 rings (SSSR count). The maximum Gasteiger partial charge on any atom is 0.356 e. The van der Waals surface area contributed by atoms with Crippen molar-refractivity contribution >= 4 is 23.5 Å². The van der Waals surface area contributed by atoms with Crippen LogP contribution in [0.2, 0.25) is 0 Å². The molecule has 0 aromatic carbocycles. The van der Waals surface area contributed by atoms with Crippen LogP contribution >= 0.6 is 0 Å². The minimum atomic E-state index is -0.547. The van der Waals surface area contributed by atoms with E-state index < -0.39 is 12.0 Å². The number of aryl methyl sites for hydroxylation is 1. The number of nitrogens with zero attached hydrogens (tertiary/aromatic N) is 2. The van der Waals surface area contributed by atoms with E-state index in [1.165, 1.54) is 7.11 Å². The Morgan fingerprint density at radius 1 is 1.30 bits per heavy atom. The average molecular weight is 319 g/mol. The van der Waals surface area contributed by atoms with Gasteiger partial charge in [0.2, 0.25) is 0 Å². The molecule has 9 nitrogen and oxygen atoms in total. The first-order valence-electron chi connectivity index (χ1n) is 7.18. The van der Waals surface area contributed by atoms with Crippen molar-refractivity contribution in [1.82, 2.24) is 15.4 Å². The number of rotatable bonds is 4. The van der Waals surface area contributed by atoms with Gasteiger partial charge in [-0.2, -0.15) is 5.10 Å². The van der Waals surface area contributed by atoms with Crippen LogP contribution in [0.4, 0.5) is 16.3 Å². The van der Waals surface area contributed by atoms with Crippen LogP contribution in [0.15, 0.2) is 4.52 Å². The van der Waals surface area contributed by atoms with Crippen LogP contribution in [0, 0.1) is 13.8 Å². The Kier molecular flexibility index (Phi) is 3.77. The van der Waals surface area contributed by atoms with Crippen molar-refractivity contribution in [3.63, 3.8) is 0 Å². The van der Waals surface area contributed by atoms with Gasteiger partial charge in [0.05, 0.1) is 7.11 Å². The third kappa shape index (κ3) is 2.89. The standard InChI is InChI=1S/C14H17N5O4/c1-6-9(13(20)22-3)17-18-12(6)16-14(21)15-10-7(2)19-23-11(10)8-4-5-8/h8H,4-5H2,1-3H3,(H3,15,16,17,18,21). The quantitative estimate of drug-likeness (QED) is 0.743. The van der Waals surface area contributed by atoms with Crippen LogP contribution in [-0.4, -0.2) is 34.5 Å². The van der Waals surface area contributed by atoms with Gasteiger partial charge in [-0.05, 0) is 26.7 Å². The second kappa shape index (κ2) is 5.75. The van der Waals surface area contributed by atoms with Gasteiger partial charge in [0.25, 0.3) is 0 Å². The van der Waals surface area contributed by atoms with Gasteiger partial charge in [-0.3, -0.25) is 10.4 Å². The highest BCUT2D eigenvalue weighted by molar-refractivity contribution is 6.01. The molecule has 0 bridgehead atoms. The van der Waals surface area contributed by atoms with Gasteiger partial charge in [0.1, 0.15) is 17.1 Å². The Morgan fingerprint density at radius 2 is 2.04 bits per heavy atom. The smallest absolute Gasteiger partial charge is 0.356 e. The zero-order valence-corrected chi connectivity index (χ0v) is 13.0. The second-order valence-corrected chi connectivity index (χ2v) is 5.42. The van der Waals surface area contributed by atoms with E-state index in [9.17, 15) is 9.59 Å². The fourth-order valence-electron chi connectivity index (χ4n) is 2.24. The number of nitrogens with one attached hydrogen (secondary N) is 3. The number of esters is 1. The number of carbonyl (C=O) groups excluding carboxylic acids is 2. The molecule has 3 N–H and O–H groups in total. The number of ether oxygens (including phenoxy) is 1. The number of amides is 2. The molecule has 2 aromatic heterocycles. The molecule has 9 heteroatoms. The van der Waals surface area contributed by atoms with Crippen LogP contribution in [0.25, 0.3) is 0 Å². The molecule has 0 radical (unpaired) electrons. The van der Waals surface area contributed by atoms with Crippen LogP contribution in [-0.2, 0) is 4.74 Å². The number of anilines is 2. The van der Waals surface area contributed by atoms with E-state index in [2.05, 4.69) is 30.7 Å². The number of aromatic nitrogens is 3. The molecule has 0 spiro atoms. The molecule has 2 aromatic rings. The maximum absolute atomic E-state index is 12.2. The molecule has 122 valence electrons. The second-order valence-electron chi connectivity index (χ2n) is 5.42. The highest BCUT2D eigenvalue weighted by Crippen LogP contribution is 2.44. The Labute approximate surface area is 131 Å². The number of methoxy groups -OCH3 is 1. The number of aromatic amines is 1. The van der Waals surface area contributed by atoms with E-state index in [1.54, 1.807) is 13.8 Å². The molecule has 0 saturated heterocycles. The number of hydrogen-bond donors (Lipinski definition) is 3. The monoisotopic (exact) mass is 319 g/mol. The zero-order valence-electron chi connectivity index (χ0n) is 13.0. The molecule has 0 atom stereocenters. The molecule has 23 heavy (non-hydrogen) atoms. The van der Waals surface area contributed by atoms with E-state index in [1.807, 2.05) is 0 Å². The van der Waals surface area contributed by atoms with E-state index in [4.69, 9.17) is 4.52 Å². The molecule has 1 aliphatic rings. The van der Waals surface area contributed by atoms with Crippen molar-refractivity contribution in [2.24, 2.45) is 0 Å². The molecule has 0 unspecified atom stereocenters. The Morgan fingerprint density at radius 3 is 2.70 bits per heavy atom. The molecule has 1 aliphatic carbocycles. The summed E-state index contributed by atoms with van der Waals surface area (Å²) in [7, 11) is 1.27. The maximum atomic E-state index is 12.2. The van der Waals surface area contributed by atoms with Crippen LogP contribution in [0.1, 0.15) is 46.3 Å². The van der Waals surface area contributed by atoms with Crippen molar-refractivity contribution in [2.75, 3.05) is 17.7 Å². The highest BCUT2D eigenvalue weighted by Gasteiger charge is 2.32. The summed E-state index contributed by atoms with van der Waals surface area (Å²) in [5.74, 6) is 0.732. The van der Waals surface area contributed by atoms with E-state index in [-0.39, 0.29) is 11.5 Å². The minimum absolute atomic E-state index is 0.197. The first-order valence-corrected chi connectivity index (χ1v) is 7.18. The predicted octanol–water partition coefficient (Wildman–Crippen LogP) is 2.32. The average Bonchev–Trinajstić information content (AvgIpc) is 3.23. The normalized spacial score (nSPS) is 13.7. The van der Waals surface area contributed by atoms with Gasteiger partial charge in [0.15, 0.2) is 11.6 Å². The molecular weight excluding hydrogens is 302 g/mol. The summed E-state index contributed by atoms with van der Waals surface area (Å²) < 4.78 is 9.90. The summed E-state index contributed by atoms with van der Waals surface area (Å²) >= 11 is 0. The van der Waals surface area contributed by atoms with Gasteiger partial charge in [-0.25, -0.2) is 9.59 Å². The first kappa shape index (κ1) is 15.1. The largest absolute Gasteiger partial charge is 0.464 e. The van der Waals surface area contributed by atoms with Crippen LogP contribution < -0.4 is 10.6 Å². The molecule has 2 heterocycles. The van der Waals surface area contributed by atoms with Crippen molar-refractivity contribution in [1.29, 1.82) is 0 Å². The van der Waals surface area contributed by atoms with Crippen molar-refractivity contribution in [3.8, 4) is 0 Å². The molecular formula is C14H17N5O4. The Hall–Kier alpha value is -2.84. The number of urea groups is 1. The lowest BCUT2D eigenvalue weighted by molar-refractivity contribution is 0.0593. The number of hydrogen-bond acceptors (Lipinski definition) is 6. The number of carbonyl (C=O) groups is 2. The number of H-pyrrole nitrogens is 1. The molecule has 0 aliphatic heterocycles. The minimum Gasteiger partial charge on any atom is -0.464 e. The SMILES string of the molecule is COC(=O)c1[nH]nc(NC(=O)Nc2c(C)noc2C2CC2)c1C. The zero-order chi connectivity index (χ0) is 16.6. The lowest BCUT2D eigenvalue weighted by Crippen LogP contribution is -2.21. The van der Waals surface area contributed by atoms with Crippen molar-refractivity contribution in [3.05, 3.63) is 22.7 Å². The predicted molar refractivity (Wildman–Crippen MR) is 80.5 cm³/mol. The third-order valence-corrected chi connectivity index (χ3v) is 3.71. The van der Waals surface area contributed by atoms with Crippen LogP contribution in [0.5, 0.6) is 0 Å². The highest BCUT2D eigenvalue weighted by atomic mass is 16.5. The van der Waals surface area contributed by atoms with Crippen molar-refractivity contribution < 1.29 is 18.8 Å². The summed E-state index contributed by atoms with van der Waals surface area (Å²) in [6.45, 7) is 3.42. The summed E-state index contributed by atoms with van der Waals surface area (Å²) in [5.41, 5.74) is 1.90. The van der Waals surface area contributed by atoms with E-state index in [0.29, 0.717) is 28.6 Å². The first-order chi connectivity index (χ1) is 11.0. The third-order valence-electron chi connectivity index (χ3n) is 3.71. The van der Waals surface area contributed by atoms with E-state index in [0.717, 1.165) is 12.8 Å². The Balaban J connectivity index is 1.72. The van der Waals surface area contributed by atoms with Gasteiger partial charge in [0, 0.05) is 11.5 Å². The van der Waals surface area contributed by atoms with Gasteiger partial charge in [-0.1, -0.05) is 5.16 Å². The molecule has 1 fully saturated rings. The topological polar surface area (TPSA) is 122 Å². The molecule has 1 saturated carbocycles. The van der Waals surface area contributed by atoms with Crippen LogP contribution in [0.3, 0.4) is 0 Å². The summed E-state index contributed by atoms with van der Waals surface area (Å²) in [4.78, 5) is 23.7. The Bertz CT molecular complexity index is 759. The van der Waals surface area contributed by atoms with Gasteiger partial charge >= 0.3 is 12.0 Å².